The van der Waals surface area contributed by atoms with Crippen molar-refractivity contribution in [1.29, 1.82) is 0 Å². The van der Waals surface area contributed by atoms with Crippen molar-refractivity contribution in [3.63, 3.8) is 0 Å². The Hall–Kier alpha value is -3.83. The highest BCUT2D eigenvalue weighted by Crippen LogP contribution is 2.38. The van der Waals surface area contributed by atoms with Crippen molar-refractivity contribution >= 4 is 23.2 Å². The lowest BCUT2D eigenvalue weighted by atomic mass is 9.98. The molecular formula is C29H23ClF6N4O. The number of benzene rings is 3. The fourth-order valence-electron chi connectivity index (χ4n) is 4.75. The number of imidazole rings is 1. The Morgan fingerprint density at radius 1 is 0.805 bits per heavy atom. The summed E-state index contributed by atoms with van der Waals surface area (Å²) < 4.78 is 81.5. The van der Waals surface area contributed by atoms with Crippen LogP contribution in [0.5, 0.6) is 0 Å². The second kappa shape index (κ2) is 11.2. The molecule has 1 aromatic heterocycles. The first kappa shape index (κ1) is 28.7. The summed E-state index contributed by atoms with van der Waals surface area (Å²) >= 11 is 6.06. The molecule has 0 aliphatic carbocycles. The molecule has 4 aromatic rings. The number of carbonyl (C=O) groups excluding carboxylic acids is 1. The molecule has 0 N–H and O–H groups in total. The van der Waals surface area contributed by atoms with Crippen molar-refractivity contribution in [3.05, 3.63) is 107 Å². The Kier molecular flexibility index (Phi) is 7.85. The average molecular weight is 593 g/mol. The molecule has 1 fully saturated rings. The van der Waals surface area contributed by atoms with E-state index >= 15 is 0 Å². The summed E-state index contributed by atoms with van der Waals surface area (Å²) in [7, 11) is 0. The monoisotopic (exact) mass is 592 g/mol. The standard InChI is InChI=1S/C29H23ClF6N4O/c30-24-2-1-3-25(13-24)40-9-8-38(17-27(40)41)16-26-14-37-18-39(26)15-19-4-6-20(7-5-19)21-10-22(28(31,32)33)12-23(11-21)29(34,35)36/h1-7,10-14,18H,8-9,15-17H2. The van der Waals surface area contributed by atoms with Gasteiger partial charge in [-0.3, -0.25) is 9.69 Å². The van der Waals surface area contributed by atoms with E-state index < -0.39 is 23.5 Å². The minimum Gasteiger partial charge on any atom is -0.329 e. The Balaban J connectivity index is 1.27. The Morgan fingerprint density at radius 2 is 1.49 bits per heavy atom. The van der Waals surface area contributed by atoms with Gasteiger partial charge in [0.1, 0.15) is 0 Å². The van der Waals surface area contributed by atoms with Gasteiger partial charge in [-0.15, -0.1) is 0 Å². The number of hydrogen-bond donors (Lipinski definition) is 0. The predicted octanol–water partition coefficient (Wildman–Crippen LogP) is 7.14. The Bertz CT molecular complexity index is 1520. The SMILES string of the molecule is O=C1CN(Cc2cncn2Cc2ccc(-c3cc(C(F)(F)F)cc(C(F)(F)F)c3)cc2)CCN1c1cccc(Cl)c1. The van der Waals surface area contributed by atoms with Crippen LogP contribution in [0.1, 0.15) is 22.4 Å². The van der Waals surface area contributed by atoms with E-state index in [1.54, 1.807) is 47.8 Å². The third-order valence-corrected chi connectivity index (χ3v) is 7.07. The summed E-state index contributed by atoms with van der Waals surface area (Å²) in [6.45, 7) is 2.19. The minimum absolute atomic E-state index is 0.0524. The molecule has 2 heterocycles. The van der Waals surface area contributed by atoms with Gasteiger partial charge in [0.2, 0.25) is 5.91 Å². The fourth-order valence-corrected chi connectivity index (χ4v) is 4.93. The van der Waals surface area contributed by atoms with Crippen molar-refractivity contribution in [1.82, 2.24) is 14.5 Å². The molecule has 1 saturated heterocycles. The van der Waals surface area contributed by atoms with Crippen LogP contribution in [0, 0.1) is 0 Å². The van der Waals surface area contributed by atoms with Crippen LogP contribution in [0.25, 0.3) is 11.1 Å². The topological polar surface area (TPSA) is 41.4 Å². The van der Waals surface area contributed by atoms with Crippen LogP contribution in [-0.4, -0.2) is 40.0 Å². The molecule has 5 rings (SSSR count). The van der Waals surface area contributed by atoms with Gasteiger partial charge in [-0.25, -0.2) is 4.98 Å². The van der Waals surface area contributed by atoms with Crippen LogP contribution < -0.4 is 4.90 Å². The van der Waals surface area contributed by atoms with Crippen molar-refractivity contribution in [2.24, 2.45) is 0 Å². The molecule has 1 amide bonds. The molecule has 41 heavy (non-hydrogen) atoms. The number of amides is 1. The molecule has 5 nitrogen and oxygen atoms in total. The van der Waals surface area contributed by atoms with Gasteiger partial charge in [0.25, 0.3) is 0 Å². The van der Waals surface area contributed by atoms with E-state index in [4.69, 9.17) is 11.6 Å². The first-order chi connectivity index (χ1) is 19.4. The first-order valence-corrected chi connectivity index (χ1v) is 12.9. The minimum atomic E-state index is -4.92. The highest BCUT2D eigenvalue weighted by Gasteiger charge is 2.37. The Morgan fingerprint density at radius 3 is 2.10 bits per heavy atom. The largest absolute Gasteiger partial charge is 0.416 e. The maximum Gasteiger partial charge on any atom is 0.416 e. The van der Waals surface area contributed by atoms with E-state index in [0.29, 0.717) is 43.3 Å². The normalized spacial score (nSPS) is 15.0. The van der Waals surface area contributed by atoms with Gasteiger partial charge in [-0.2, -0.15) is 26.3 Å². The number of nitrogens with zero attached hydrogens (tertiary/aromatic N) is 4. The molecule has 1 aliphatic heterocycles. The predicted molar refractivity (Wildman–Crippen MR) is 142 cm³/mol. The molecule has 0 unspecified atom stereocenters. The lowest BCUT2D eigenvalue weighted by Crippen LogP contribution is -2.50. The molecule has 0 saturated carbocycles. The van der Waals surface area contributed by atoms with Crippen LogP contribution in [0.2, 0.25) is 5.02 Å². The van der Waals surface area contributed by atoms with Crippen molar-refractivity contribution in [2.45, 2.75) is 25.4 Å². The summed E-state index contributed by atoms with van der Waals surface area (Å²) in [5, 5.41) is 0.551. The number of alkyl halides is 6. The summed E-state index contributed by atoms with van der Waals surface area (Å²) in [4.78, 5) is 20.7. The van der Waals surface area contributed by atoms with Crippen LogP contribution in [0.15, 0.2) is 79.3 Å². The van der Waals surface area contributed by atoms with Crippen LogP contribution in [-0.2, 0) is 30.2 Å². The molecule has 0 atom stereocenters. The summed E-state index contributed by atoms with van der Waals surface area (Å²) in [6, 6.07) is 15.0. The lowest BCUT2D eigenvalue weighted by Gasteiger charge is -2.34. The summed E-state index contributed by atoms with van der Waals surface area (Å²) in [6.07, 6.45) is -6.50. The number of anilines is 1. The average Bonchev–Trinajstić information content (AvgIpc) is 3.34. The zero-order valence-corrected chi connectivity index (χ0v) is 22.1. The van der Waals surface area contributed by atoms with E-state index in [2.05, 4.69) is 4.98 Å². The van der Waals surface area contributed by atoms with E-state index in [9.17, 15) is 31.1 Å². The molecule has 0 spiro atoms. The third-order valence-electron chi connectivity index (χ3n) is 6.83. The van der Waals surface area contributed by atoms with Gasteiger partial charge in [0.05, 0.1) is 29.7 Å². The maximum atomic E-state index is 13.3. The third kappa shape index (κ3) is 6.74. The van der Waals surface area contributed by atoms with Gasteiger partial charge in [-0.05, 0) is 53.1 Å². The second-order valence-corrected chi connectivity index (χ2v) is 10.2. The van der Waals surface area contributed by atoms with Gasteiger partial charge in [-0.1, -0.05) is 41.9 Å². The second-order valence-electron chi connectivity index (χ2n) is 9.74. The lowest BCUT2D eigenvalue weighted by molar-refractivity contribution is -0.143. The molecule has 0 bridgehead atoms. The van der Waals surface area contributed by atoms with E-state index in [1.807, 2.05) is 15.5 Å². The van der Waals surface area contributed by atoms with Gasteiger partial charge in [0, 0.05) is 43.1 Å². The molecule has 1 aliphatic rings. The van der Waals surface area contributed by atoms with E-state index in [0.717, 1.165) is 16.9 Å². The number of aromatic nitrogens is 2. The number of halogens is 7. The summed E-state index contributed by atoms with van der Waals surface area (Å²) in [5.41, 5.74) is -0.294. The molecular weight excluding hydrogens is 570 g/mol. The number of rotatable bonds is 6. The van der Waals surface area contributed by atoms with Crippen molar-refractivity contribution in [3.8, 4) is 11.1 Å². The summed E-state index contributed by atoms with van der Waals surface area (Å²) in [5.74, 6) is -0.0524. The molecule has 12 heteroatoms. The van der Waals surface area contributed by atoms with Gasteiger partial charge in [0.15, 0.2) is 0 Å². The van der Waals surface area contributed by atoms with Crippen LogP contribution in [0.4, 0.5) is 32.0 Å². The zero-order valence-electron chi connectivity index (χ0n) is 21.4. The smallest absolute Gasteiger partial charge is 0.329 e. The van der Waals surface area contributed by atoms with Gasteiger partial charge >= 0.3 is 12.4 Å². The fraction of sp³-hybridized carbons (Fsp3) is 0.241. The van der Waals surface area contributed by atoms with Crippen molar-refractivity contribution < 1.29 is 31.1 Å². The van der Waals surface area contributed by atoms with Crippen LogP contribution >= 0.6 is 11.6 Å². The quantitative estimate of drug-likeness (QED) is 0.224. The van der Waals surface area contributed by atoms with E-state index in [-0.39, 0.29) is 29.6 Å². The molecule has 3 aromatic carbocycles. The number of piperazine rings is 1. The van der Waals surface area contributed by atoms with Gasteiger partial charge < -0.3 is 9.47 Å². The van der Waals surface area contributed by atoms with Crippen molar-refractivity contribution in [2.75, 3.05) is 24.5 Å². The van der Waals surface area contributed by atoms with E-state index in [1.165, 1.54) is 12.1 Å². The highest BCUT2D eigenvalue weighted by molar-refractivity contribution is 6.30. The first-order valence-electron chi connectivity index (χ1n) is 12.5. The number of hydrogen-bond acceptors (Lipinski definition) is 3. The van der Waals surface area contributed by atoms with Crippen LogP contribution in [0.3, 0.4) is 0 Å². The Labute approximate surface area is 236 Å². The molecule has 0 radical (unpaired) electrons. The highest BCUT2D eigenvalue weighted by atomic mass is 35.5. The maximum absolute atomic E-state index is 13.3. The molecule has 214 valence electrons. The number of carbonyl (C=O) groups is 1. The zero-order chi connectivity index (χ0) is 29.4.